The average Bonchev–Trinajstić information content (AvgIpc) is 0. The van der Waals surface area contributed by atoms with Gasteiger partial charge in [-0.2, -0.15) is 0 Å². The molecule has 0 bridgehead atoms. The first-order valence-electron chi connectivity index (χ1n) is 0. The van der Waals surface area contributed by atoms with E-state index in [4.69, 9.17) is 0 Å². The van der Waals surface area contributed by atoms with Gasteiger partial charge in [-0.05, 0) is 0 Å². The van der Waals surface area contributed by atoms with Crippen LogP contribution in [-0.4, -0.2) is 17.4 Å². The van der Waals surface area contributed by atoms with Gasteiger partial charge in [-0.1, -0.05) is 0 Å². The predicted molar refractivity (Wildman–Crippen MR) is 9.94 cm³/mol. The van der Waals surface area contributed by atoms with Gasteiger partial charge in [0.1, 0.15) is 0 Å². The van der Waals surface area contributed by atoms with Crippen LogP contribution in [0, 0.1) is 0 Å². The van der Waals surface area contributed by atoms with Crippen LogP contribution in [-0.2, 0) is 56.2 Å². The largest absolute Gasteiger partial charge is 0.187 e. The summed E-state index contributed by atoms with van der Waals surface area (Å²) in [5, 5.41) is 0. The molecule has 0 aliphatic heterocycles. The van der Waals surface area contributed by atoms with Crippen molar-refractivity contribution in [1.82, 2.24) is 0 Å². The van der Waals surface area contributed by atoms with E-state index in [-0.39, 0.29) is 73.6 Å². The molecule has 0 aromatic heterocycles. The summed E-state index contributed by atoms with van der Waals surface area (Å²) in [5.41, 5.74) is 0. The van der Waals surface area contributed by atoms with Crippen LogP contribution in [0.5, 0.6) is 0 Å². The monoisotopic (exact) mass is 321 g/mol. The van der Waals surface area contributed by atoms with E-state index in [1.54, 1.807) is 0 Å². The van der Waals surface area contributed by atoms with Crippen LogP contribution in [0.25, 0.3) is 0 Å². The van der Waals surface area contributed by atoms with Crippen molar-refractivity contribution in [2.24, 2.45) is 0 Å². The Bertz CT molecular complexity index is 8.00. The Hall–Kier alpha value is 2.30. The van der Waals surface area contributed by atoms with Gasteiger partial charge < -0.3 is 0 Å². The first kappa shape index (κ1) is 33.5. The number of hydrogen-bond donors (Lipinski definition) is 0. The zero-order valence-corrected chi connectivity index (χ0v) is 6.65. The molecule has 0 aliphatic rings. The summed E-state index contributed by atoms with van der Waals surface area (Å²) in [5.74, 6) is 0. The molecule has 0 nitrogen and oxygen atoms in total. The van der Waals surface area contributed by atoms with Gasteiger partial charge in [-0.15, -0.1) is 0 Å². The Kier molecular flexibility index (Phi) is 155. The first-order valence-corrected chi connectivity index (χ1v) is 0. The van der Waals surface area contributed by atoms with E-state index in [1.807, 2.05) is 0 Å². The minimum atomic E-state index is 0. The van der Waals surface area contributed by atoms with Crippen LogP contribution in [0.15, 0.2) is 0 Å². The van der Waals surface area contributed by atoms with Crippen molar-refractivity contribution >= 4 is 17.4 Å². The molecule has 0 N–H and O–H groups in total. The topological polar surface area (TPSA) is 0 Å². The number of hydrogen-bond acceptors (Lipinski definition) is 0. The van der Waals surface area contributed by atoms with Crippen LogP contribution in [0.4, 0.5) is 0 Å². The van der Waals surface area contributed by atoms with Crippen LogP contribution in [0.3, 0.4) is 0 Å². The molecular formula is H3AlCrNiTa. The third-order valence-electron chi connectivity index (χ3n) is 0. The molecule has 27 valence electrons. The summed E-state index contributed by atoms with van der Waals surface area (Å²) in [7, 11) is 0. The summed E-state index contributed by atoms with van der Waals surface area (Å²) in [6.45, 7) is 0. The van der Waals surface area contributed by atoms with Crippen LogP contribution in [0.2, 0.25) is 0 Å². The maximum absolute atomic E-state index is 0. The predicted octanol–water partition coefficient (Wildman–Crippen LogP) is -1.19. The molecule has 0 aromatic carbocycles. The third kappa shape index (κ3) is 8.85. The van der Waals surface area contributed by atoms with Crippen molar-refractivity contribution < 1.29 is 56.2 Å². The maximum Gasteiger partial charge on any atom is 0.187 e. The third-order valence-corrected chi connectivity index (χ3v) is 0. The Morgan fingerprint density at radius 3 is 1.00 bits per heavy atom. The van der Waals surface area contributed by atoms with Crippen molar-refractivity contribution in [1.29, 1.82) is 0 Å². The van der Waals surface area contributed by atoms with Gasteiger partial charge in [-0.25, -0.2) is 0 Å². The van der Waals surface area contributed by atoms with E-state index in [0.29, 0.717) is 0 Å². The summed E-state index contributed by atoms with van der Waals surface area (Å²) in [6.07, 6.45) is 0. The minimum absolute atomic E-state index is 0. The van der Waals surface area contributed by atoms with Crippen LogP contribution >= 0.6 is 0 Å². The average molecular weight is 322 g/mol. The molecule has 1 radical (unpaired) electrons. The van der Waals surface area contributed by atoms with E-state index < -0.39 is 0 Å². The first-order chi connectivity index (χ1) is 0. The molecule has 0 unspecified atom stereocenters. The quantitative estimate of drug-likeness (QED) is 0.492. The SMILES string of the molecule is [AlH3].[Cr].[Ni].[Ta]. The van der Waals surface area contributed by atoms with Crippen molar-refractivity contribution in [3.8, 4) is 0 Å². The van der Waals surface area contributed by atoms with Crippen LogP contribution in [0.1, 0.15) is 0 Å². The fraction of sp³-hybridized carbons (Fsp3) is 0. The van der Waals surface area contributed by atoms with E-state index in [9.17, 15) is 0 Å². The van der Waals surface area contributed by atoms with Gasteiger partial charge in [0.2, 0.25) is 0 Å². The molecule has 4 heavy (non-hydrogen) atoms. The molecule has 0 fully saturated rings. The van der Waals surface area contributed by atoms with Crippen molar-refractivity contribution in [2.45, 2.75) is 0 Å². The van der Waals surface area contributed by atoms with E-state index in [0.717, 1.165) is 0 Å². The fourth-order valence-electron chi connectivity index (χ4n) is 0. The molecule has 0 amide bonds. The van der Waals surface area contributed by atoms with Gasteiger partial charge in [0.15, 0.2) is 17.4 Å². The maximum atomic E-state index is 0. The minimum Gasteiger partial charge on any atom is 0 e. The molecule has 0 heterocycles. The summed E-state index contributed by atoms with van der Waals surface area (Å²) in [6, 6.07) is 0. The van der Waals surface area contributed by atoms with E-state index >= 15 is 0 Å². The van der Waals surface area contributed by atoms with Gasteiger partial charge in [0, 0.05) is 56.2 Å². The molecule has 0 atom stereocenters. The Morgan fingerprint density at radius 1 is 1.00 bits per heavy atom. The normalized spacial score (nSPS) is 0. The molecule has 0 rings (SSSR count). The summed E-state index contributed by atoms with van der Waals surface area (Å²) >= 11 is 0. The van der Waals surface area contributed by atoms with Crippen molar-refractivity contribution in [3.63, 3.8) is 0 Å². The summed E-state index contributed by atoms with van der Waals surface area (Å²) in [4.78, 5) is 0. The molecule has 0 saturated heterocycles. The molecule has 0 saturated carbocycles. The molecular weight excluding hydrogens is 319 g/mol. The molecule has 0 aromatic rings. The second kappa shape index (κ2) is 18.5. The Morgan fingerprint density at radius 2 is 1.00 bits per heavy atom. The molecule has 0 spiro atoms. The molecule has 4 heteroatoms. The van der Waals surface area contributed by atoms with E-state index in [1.165, 1.54) is 0 Å². The summed E-state index contributed by atoms with van der Waals surface area (Å²) < 4.78 is 0. The van der Waals surface area contributed by atoms with Gasteiger partial charge in [-0.3, -0.25) is 0 Å². The number of rotatable bonds is 0. The van der Waals surface area contributed by atoms with Crippen LogP contribution < -0.4 is 0 Å². The van der Waals surface area contributed by atoms with Gasteiger partial charge in [0.05, 0.1) is 0 Å². The standard InChI is InChI=1S/Al.Cr.Ni.Ta.3H. The second-order valence-electron chi connectivity index (χ2n) is 0. The molecule has 0 aliphatic carbocycles. The Labute approximate surface area is 72.8 Å². The van der Waals surface area contributed by atoms with E-state index in [2.05, 4.69) is 0 Å². The van der Waals surface area contributed by atoms with Crippen molar-refractivity contribution in [3.05, 3.63) is 0 Å². The Balaban J connectivity index is 0. The fourth-order valence-corrected chi connectivity index (χ4v) is 0. The zero-order chi connectivity index (χ0) is 0. The zero-order valence-electron chi connectivity index (χ0n) is 1.17. The van der Waals surface area contributed by atoms with Gasteiger partial charge >= 0.3 is 0 Å². The second-order valence-corrected chi connectivity index (χ2v) is 0. The van der Waals surface area contributed by atoms with Gasteiger partial charge in [0.25, 0.3) is 0 Å². The smallest absolute Gasteiger partial charge is 0 e. The van der Waals surface area contributed by atoms with Crippen molar-refractivity contribution in [2.75, 3.05) is 0 Å².